The van der Waals surface area contributed by atoms with E-state index >= 15 is 0 Å². The molecule has 98 valence electrons. The number of fused-ring (bicyclic) bond motifs is 1. The lowest BCUT2D eigenvalue weighted by atomic mass is 9.96. The van der Waals surface area contributed by atoms with Crippen molar-refractivity contribution in [2.45, 2.75) is 25.3 Å². The SMILES string of the molecule is NNC(c1cccc(Cl)c1)c1ccc2c(c1)CCC2. The molecule has 1 atom stereocenters. The lowest BCUT2D eigenvalue weighted by molar-refractivity contribution is 0.636. The Hall–Kier alpha value is -1.35. The molecule has 0 fully saturated rings. The summed E-state index contributed by atoms with van der Waals surface area (Å²) in [7, 11) is 0. The van der Waals surface area contributed by atoms with Crippen molar-refractivity contribution >= 4 is 11.6 Å². The predicted octanol–water partition coefficient (Wildman–Crippen LogP) is 3.38. The Bertz CT molecular complexity index is 595. The lowest BCUT2D eigenvalue weighted by Crippen LogP contribution is -2.28. The Balaban J connectivity index is 1.98. The molecule has 0 radical (unpaired) electrons. The van der Waals surface area contributed by atoms with Gasteiger partial charge in [-0.2, -0.15) is 0 Å². The predicted molar refractivity (Wildman–Crippen MR) is 79.1 cm³/mol. The van der Waals surface area contributed by atoms with E-state index in [1.54, 1.807) is 0 Å². The van der Waals surface area contributed by atoms with Crippen LogP contribution in [0.25, 0.3) is 0 Å². The molecule has 0 saturated heterocycles. The van der Waals surface area contributed by atoms with Gasteiger partial charge in [0, 0.05) is 5.02 Å². The van der Waals surface area contributed by atoms with Gasteiger partial charge in [-0.15, -0.1) is 0 Å². The molecular formula is C16H17ClN2. The number of nitrogens with two attached hydrogens (primary N) is 1. The van der Waals surface area contributed by atoms with E-state index in [1.807, 2.05) is 24.3 Å². The maximum atomic E-state index is 6.06. The zero-order valence-corrected chi connectivity index (χ0v) is 11.5. The fraction of sp³-hybridized carbons (Fsp3) is 0.250. The van der Waals surface area contributed by atoms with E-state index in [-0.39, 0.29) is 6.04 Å². The summed E-state index contributed by atoms with van der Waals surface area (Å²) in [5, 5.41) is 0.735. The van der Waals surface area contributed by atoms with Crippen LogP contribution in [0.1, 0.15) is 34.7 Å². The molecular weight excluding hydrogens is 256 g/mol. The Morgan fingerprint density at radius 3 is 2.58 bits per heavy atom. The molecule has 2 aromatic rings. The molecule has 0 saturated carbocycles. The van der Waals surface area contributed by atoms with E-state index in [9.17, 15) is 0 Å². The first-order valence-electron chi connectivity index (χ1n) is 6.61. The summed E-state index contributed by atoms with van der Waals surface area (Å²) in [5.41, 5.74) is 8.12. The van der Waals surface area contributed by atoms with E-state index in [0.717, 1.165) is 10.6 Å². The number of hydrazine groups is 1. The van der Waals surface area contributed by atoms with Gasteiger partial charge < -0.3 is 0 Å². The molecule has 2 nitrogen and oxygen atoms in total. The molecule has 0 aliphatic heterocycles. The second kappa shape index (κ2) is 5.33. The van der Waals surface area contributed by atoms with Gasteiger partial charge in [0.1, 0.15) is 0 Å². The summed E-state index contributed by atoms with van der Waals surface area (Å²) < 4.78 is 0. The van der Waals surface area contributed by atoms with Crippen LogP contribution in [-0.4, -0.2) is 0 Å². The lowest BCUT2D eigenvalue weighted by Gasteiger charge is -2.18. The fourth-order valence-electron chi connectivity index (χ4n) is 2.84. The minimum Gasteiger partial charge on any atom is -0.271 e. The number of halogens is 1. The highest BCUT2D eigenvalue weighted by Gasteiger charge is 2.16. The third kappa shape index (κ3) is 2.52. The van der Waals surface area contributed by atoms with Gasteiger partial charge in [0.2, 0.25) is 0 Å². The van der Waals surface area contributed by atoms with Crippen molar-refractivity contribution in [2.24, 2.45) is 5.84 Å². The zero-order chi connectivity index (χ0) is 13.2. The second-order valence-corrected chi connectivity index (χ2v) is 5.47. The van der Waals surface area contributed by atoms with E-state index in [1.165, 1.54) is 36.0 Å². The quantitative estimate of drug-likeness (QED) is 0.664. The molecule has 3 heteroatoms. The molecule has 1 aliphatic rings. The summed E-state index contributed by atoms with van der Waals surface area (Å²) in [6.07, 6.45) is 3.64. The number of nitrogens with one attached hydrogen (secondary N) is 1. The number of hydrogen-bond acceptors (Lipinski definition) is 2. The van der Waals surface area contributed by atoms with Crippen molar-refractivity contribution in [2.75, 3.05) is 0 Å². The van der Waals surface area contributed by atoms with Crippen LogP contribution in [0, 0.1) is 0 Å². The number of rotatable bonds is 3. The van der Waals surface area contributed by atoms with Crippen molar-refractivity contribution in [3.05, 3.63) is 69.7 Å². The van der Waals surface area contributed by atoms with E-state index in [4.69, 9.17) is 17.4 Å². The third-order valence-electron chi connectivity index (χ3n) is 3.80. The second-order valence-electron chi connectivity index (χ2n) is 5.04. The fourth-order valence-corrected chi connectivity index (χ4v) is 3.04. The molecule has 1 unspecified atom stereocenters. The van der Waals surface area contributed by atoms with Crippen LogP contribution in [0.15, 0.2) is 42.5 Å². The van der Waals surface area contributed by atoms with Crippen molar-refractivity contribution in [3.8, 4) is 0 Å². The first-order valence-corrected chi connectivity index (χ1v) is 6.99. The van der Waals surface area contributed by atoms with Crippen LogP contribution in [-0.2, 0) is 12.8 Å². The monoisotopic (exact) mass is 272 g/mol. The maximum absolute atomic E-state index is 6.06. The highest BCUT2D eigenvalue weighted by atomic mass is 35.5. The molecule has 0 spiro atoms. The number of hydrogen-bond donors (Lipinski definition) is 2. The highest BCUT2D eigenvalue weighted by molar-refractivity contribution is 6.30. The van der Waals surface area contributed by atoms with E-state index < -0.39 is 0 Å². The van der Waals surface area contributed by atoms with Crippen LogP contribution < -0.4 is 11.3 Å². The summed E-state index contributed by atoms with van der Waals surface area (Å²) in [5.74, 6) is 5.74. The normalized spacial score (nSPS) is 15.3. The first-order chi connectivity index (χ1) is 9.28. The minimum absolute atomic E-state index is 0.00963. The van der Waals surface area contributed by atoms with Gasteiger partial charge >= 0.3 is 0 Å². The summed E-state index contributed by atoms with van der Waals surface area (Å²) in [6.45, 7) is 0. The first kappa shape index (κ1) is 12.7. The van der Waals surface area contributed by atoms with Gasteiger partial charge in [-0.3, -0.25) is 5.84 Å². The van der Waals surface area contributed by atoms with E-state index in [0.29, 0.717) is 0 Å². The van der Waals surface area contributed by atoms with Crippen LogP contribution in [0.2, 0.25) is 5.02 Å². The van der Waals surface area contributed by atoms with Crippen LogP contribution in [0.5, 0.6) is 0 Å². The van der Waals surface area contributed by atoms with Gasteiger partial charge in [-0.25, -0.2) is 5.43 Å². The summed E-state index contributed by atoms with van der Waals surface area (Å²) in [4.78, 5) is 0. The van der Waals surface area contributed by atoms with Crippen molar-refractivity contribution in [3.63, 3.8) is 0 Å². The smallest absolute Gasteiger partial charge is 0.0710 e. The van der Waals surface area contributed by atoms with Gasteiger partial charge in [0.15, 0.2) is 0 Å². The molecule has 3 N–H and O–H groups in total. The molecule has 19 heavy (non-hydrogen) atoms. The van der Waals surface area contributed by atoms with E-state index in [2.05, 4.69) is 23.6 Å². The largest absolute Gasteiger partial charge is 0.271 e. The van der Waals surface area contributed by atoms with Crippen LogP contribution in [0.4, 0.5) is 0 Å². The summed E-state index contributed by atoms with van der Waals surface area (Å²) in [6, 6.07) is 14.5. The Labute approximate surface area is 118 Å². The molecule has 0 amide bonds. The molecule has 3 rings (SSSR count). The Morgan fingerprint density at radius 2 is 1.79 bits per heavy atom. The minimum atomic E-state index is -0.00963. The highest BCUT2D eigenvalue weighted by Crippen LogP contribution is 2.29. The van der Waals surface area contributed by atoms with Crippen molar-refractivity contribution in [1.82, 2.24) is 5.43 Å². The molecule has 0 bridgehead atoms. The zero-order valence-electron chi connectivity index (χ0n) is 10.7. The van der Waals surface area contributed by atoms with Crippen LogP contribution >= 0.6 is 11.6 Å². The third-order valence-corrected chi connectivity index (χ3v) is 4.04. The van der Waals surface area contributed by atoms with Crippen molar-refractivity contribution in [1.29, 1.82) is 0 Å². The standard InChI is InChI=1S/C16H17ClN2/c17-15-6-2-5-13(10-15)16(19-18)14-8-7-11-3-1-4-12(11)9-14/h2,5-10,16,19H,1,3-4,18H2. The molecule has 0 heterocycles. The molecule has 0 aromatic heterocycles. The van der Waals surface area contributed by atoms with Gasteiger partial charge in [-0.05, 0) is 53.6 Å². The van der Waals surface area contributed by atoms with Crippen molar-refractivity contribution < 1.29 is 0 Å². The Morgan fingerprint density at radius 1 is 1.00 bits per heavy atom. The average Bonchev–Trinajstić information content (AvgIpc) is 2.87. The molecule has 1 aliphatic carbocycles. The maximum Gasteiger partial charge on any atom is 0.0710 e. The van der Waals surface area contributed by atoms with Crippen LogP contribution in [0.3, 0.4) is 0 Å². The number of aryl methyl sites for hydroxylation is 2. The Kier molecular flexibility index (Phi) is 3.56. The summed E-state index contributed by atoms with van der Waals surface area (Å²) >= 11 is 6.06. The molecule has 2 aromatic carbocycles. The van der Waals surface area contributed by atoms with Gasteiger partial charge in [-0.1, -0.05) is 41.9 Å². The van der Waals surface area contributed by atoms with Gasteiger partial charge in [0.25, 0.3) is 0 Å². The topological polar surface area (TPSA) is 38.0 Å². The number of benzene rings is 2. The average molecular weight is 273 g/mol. The van der Waals surface area contributed by atoms with Gasteiger partial charge in [0.05, 0.1) is 6.04 Å².